The fraction of sp³-hybridized carbons (Fsp3) is 0.292. The summed E-state index contributed by atoms with van der Waals surface area (Å²) in [7, 11) is 0. The second kappa shape index (κ2) is 8.55. The average Bonchev–Trinajstić information content (AvgIpc) is 2.74. The molecule has 4 heteroatoms. The Labute approximate surface area is 166 Å². The van der Waals surface area contributed by atoms with Crippen molar-refractivity contribution in [3.63, 3.8) is 0 Å². The van der Waals surface area contributed by atoms with E-state index in [2.05, 4.69) is 47.5 Å². The Hall–Kier alpha value is -2.69. The van der Waals surface area contributed by atoms with Crippen LogP contribution in [-0.4, -0.2) is 43.7 Å². The van der Waals surface area contributed by atoms with Crippen LogP contribution in [0, 0.1) is 6.92 Å². The Balaban J connectivity index is 1.55. The molecule has 1 aliphatic rings. The van der Waals surface area contributed by atoms with Gasteiger partial charge < -0.3 is 10.1 Å². The van der Waals surface area contributed by atoms with E-state index in [9.17, 15) is 4.79 Å². The zero-order valence-corrected chi connectivity index (χ0v) is 16.2. The monoisotopic (exact) mass is 374 g/mol. The molecule has 0 spiro atoms. The molecule has 1 heterocycles. The van der Waals surface area contributed by atoms with Crippen molar-refractivity contribution in [3.8, 4) is 0 Å². The molecule has 1 N–H and O–H groups in total. The first-order chi connectivity index (χ1) is 13.7. The number of rotatable bonds is 5. The summed E-state index contributed by atoms with van der Waals surface area (Å²) in [5.74, 6) is -0.0374. The van der Waals surface area contributed by atoms with E-state index in [1.165, 1.54) is 5.56 Å². The summed E-state index contributed by atoms with van der Waals surface area (Å²) in [5.41, 5.74) is 3.04. The fourth-order valence-corrected chi connectivity index (χ4v) is 3.65. The maximum atomic E-state index is 13.0. The predicted molar refractivity (Wildman–Crippen MR) is 113 cm³/mol. The fourth-order valence-electron chi connectivity index (χ4n) is 3.65. The highest BCUT2D eigenvalue weighted by molar-refractivity contribution is 5.98. The molecular weight excluding hydrogens is 348 g/mol. The van der Waals surface area contributed by atoms with Crippen LogP contribution >= 0.6 is 0 Å². The van der Waals surface area contributed by atoms with E-state index in [1.54, 1.807) is 0 Å². The van der Waals surface area contributed by atoms with E-state index in [1.807, 2.05) is 36.4 Å². The number of carbonyl (C=O) groups excluding carboxylic acids is 1. The number of benzene rings is 3. The SMILES string of the molecule is Cc1ccc([C@@H](CN2CCOCC2)NC(=O)c2ccc3ccccc3c2)cc1. The molecule has 4 rings (SSSR count). The Morgan fingerprint density at radius 3 is 2.46 bits per heavy atom. The number of fused-ring (bicyclic) bond motifs is 1. The van der Waals surface area contributed by atoms with Gasteiger partial charge in [-0.05, 0) is 35.4 Å². The summed E-state index contributed by atoms with van der Waals surface area (Å²) in [5, 5.41) is 5.48. The van der Waals surface area contributed by atoms with Crippen molar-refractivity contribution in [1.29, 1.82) is 0 Å². The van der Waals surface area contributed by atoms with Crippen molar-refractivity contribution >= 4 is 16.7 Å². The number of ether oxygens (including phenoxy) is 1. The molecule has 0 unspecified atom stereocenters. The van der Waals surface area contributed by atoms with Crippen molar-refractivity contribution in [2.45, 2.75) is 13.0 Å². The number of nitrogens with zero attached hydrogens (tertiary/aromatic N) is 1. The van der Waals surface area contributed by atoms with Gasteiger partial charge in [0, 0.05) is 25.2 Å². The second-order valence-electron chi connectivity index (χ2n) is 7.41. The van der Waals surface area contributed by atoms with E-state index >= 15 is 0 Å². The highest BCUT2D eigenvalue weighted by Crippen LogP contribution is 2.19. The van der Waals surface area contributed by atoms with Gasteiger partial charge in [0.25, 0.3) is 5.91 Å². The average molecular weight is 374 g/mol. The van der Waals surface area contributed by atoms with Gasteiger partial charge in [0.1, 0.15) is 0 Å². The van der Waals surface area contributed by atoms with Crippen molar-refractivity contribution < 1.29 is 9.53 Å². The lowest BCUT2D eigenvalue weighted by atomic mass is 10.0. The highest BCUT2D eigenvalue weighted by atomic mass is 16.5. The zero-order chi connectivity index (χ0) is 19.3. The van der Waals surface area contributed by atoms with Gasteiger partial charge in [-0.25, -0.2) is 0 Å². The normalized spacial score (nSPS) is 16.0. The molecule has 1 amide bonds. The first-order valence-corrected chi connectivity index (χ1v) is 9.85. The van der Waals surface area contributed by atoms with Crippen LogP contribution in [0.1, 0.15) is 27.5 Å². The third kappa shape index (κ3) is 4.41. The quantitative estimate of drug-likeness (QED) is 0.735. The van der Waals surface area contributed by atoms with Crippen molar-refractivity contribution in [2.75, 3.05) is 32.8 Å². The number of carbonyl (C=O) groups is 1. The third-order valence-electron chi connectivity index (χ3n) is 5.34. The predicted octanol–water partition coefficient (Wildman–Crippen LogP) is 3.95. The second-order valence-corrected chi connectivity index (χ2v) is 7.41. The summed E-state index contributed by atoms with van der Waals surface area (Å²) < 4.78 is 5.47. The lowest BCUT2D eigenvalue weighted by Gasteiger charge is -2.31. The van der Waals surface area contributed by atoms with Crippen LogP contribution in [0.3, 0.4) is 0 Å². The number of morpholine rings is 1. The number of hydrogen-bond donors (Lipinski definition) is 1. The van der Waals surface area contributed by atoms with Crippen molar-refractivity contribution in [3.05, 3.63) is 83.4 Å². The van der Waals surface area contributed by atoms with Gasteiger partial charge in [0.2, 0.25) is 0 Å². The summed E-state index contributed by atoms with van der Waals surface area (Å²) in [6.45, 7) is 6.15. The number of amides is 1. The largest absolute Gasteiger partial charge is 0.379 e. The van der Waals surface area contributed by atoms with Crippen LogP contribution in [0.15, 0.2) is 66.7 Å². The Kier molecular flexibility index (Phi) is 5.70. The molecule has 0 aromatic heterocycles. The van der Waals surface area contributed by atoms with E-state index in [0.29, 0.717) is 5.56 Å². The van der Waals surface area contributed by atoms with Crippen LogP contribution in [0.25, 0.3) is 10.8 Å². The molecule has 1 saturated heterocycles. The molecule has 3 aromatic carbocycles. The summed E-state index contributed by atoms with van der Waals surface area (Å²) in [6.07, 6.45) is 0. The molecule has 0 bridgehead atoms. The smallest absolute Gasteiger partial charge is 0.251 e. The third-order valence-corrected chi connectivity index (χ3v) is 5.34. The molecule has 28 heavy (non-hydrogen) atoms. The maximum absolute atomic E-state index is 13.0. The van der Waals surface area contributed by atoms with Crippen molar-refractivity contribution in [1.82, 2.24) is 10.2 Å². The van der Waals surface area contributed by atoms with Gasteiger partial charge in [-0.15, -0.1) is 0 Å². The number of aryl methyl sites for hydroxylation is 1. The van der Waals surface area contributed by atoms with Crippen LogP contribution in [0.4, 0.5) is 0 Å². The topological polar surface area (TPSA) is 41.6 Å². The van der Waals surface area contributed by atoms with Crippen molar-refractivity contribution in [2.24, 2.45) is 0 Å². The van der Waals surface area contributed by atoms with Gasteiger partial charge in [-0.2, -0.15) is 0 Å². The molecule has 0 aliphatic carbocycles. The minimum Gasteiger partial charge on any atom is -0.379 e. The molecule has 1 atom stereocenters. The lowest BCUT2D eigenvalue weighted by Crippen LogP contribution is -2.43. The molecule has 1 fully saturated rings. The van der Waals surface area contributed by atoms with Crippen LogP contribution in [-0.2, 0) is 4.74 Å². The van der Waals surface area contributed by atoms with Crippen LogP contribution < -0.4 is 5.32 Å². The molecule has 4 nitrogen and oxygen atoms in total. The standard InChI is InChI=1S/C24H26N2O2/c1-18-6-8-20(9-7-18)23(17-26-12-14-28-15-13-26)25-24(27)22-11-10-19-4-2-3-5-21(19)16-22/h2-11,16,23H,12-15,17H2,1H3,(H,25,27)/t23-/m1/s1. The van der Waals surface area contributed by atoms with Gasteiger partial charge in [0.05, 0.1) is 19.3 Å². The maximum Gasteiger partial charge on any atom is 0.251 e. The minimum absolute atomic E-state index is 0.0374. The minimum atomic E-state index is -0.0577. The molecule has 144 valence electrons. The van der Waals surface area contributed by atoms with Crippen LogP contribution in [0.5, 0.6) is 0 Å². The van der Waals surface area contributed by atoms with E-state index in [-0.39, 0.29) is 11.9 Å². The lowest BCUT2D eigenvalue weighted by molar-refractivity contribution is 0.0332. The summed E-state index contributed by atoms with van der Waals surface area (Å²) in [4.78, 5) is 15.4. The molecule has 0 saturated carbocycles. The van der Waals surface area contributed by atoms with Crippen LogP contribution in [0.2, 0.25) is 0 Å². The Bertz CT molecular complexity index is 946. The number of nitrogens with one attached hydrogen (secondary N) is 1. The molecular formula is C24H26N2O2. The molecule has 0 radical (unpaired) electrons. The van der Waals surface area contributed by atoms with E-state index in [4.69, 9.17) is 4.74 Å². The first kappa shape index (κ1) is 18.7. The van der Waals surface area contributed by atoms with Gasteiger partial charge >= 0.3 is 0 Å². The zero-order valence-electron chi connectivity index (χ0n) is 16.2. The first-order valence-electron chi connectivity index (χ1n) is 9.85. The molecule has 1 aliphatic heterocycles. The van der Waals surface area contributed by atoms with Gasteiger partial charge in [-0.3, -0.25) is 9.69 Å². The summed E-state index contributed by atoms with van der Waals surface area (Å²) >= 11 is 0. The highest BCUT2D eigenvalue weighted by Gasteiger charge is 2.21. The number of hydrogen-bond acceptors (Lipinski definition) is 3. The van der Waals surface area contributed by atoms with Gasteiger partial charge in [0.15, 0.2) is 0 Å². The van der Waals surface area contributed by atoms with E-state index in [0.717, 1.165) is 49.2 Å². The van der Waals surface area contributed by atoms with E-state index < -0.39 is 0 Å². The molecule has 3 aromatic rings. The Morgan fingerprint density at radius 2 is 1.71 bits per heavy atom. The Morgan fingerprint density at radius 1 is 1.00 bits per heavy atom. The summed E-state index contributed by atoms with van der Waals surface area (Å²) in [6, 6.07) is 22.3. The van der Waals surface area contributed by atoms with Gasteiger partial charge in [-0.1, -0.05) is 60.2 Å².